The first-order chi connectivity index (χ1) is 8.59. The second kappa shape index (κ2) is 4.69. The van der Waals surface area contributed by atoms with Gasteiger partial charge in [-0.05, 0) is 31.4 Å². The number of carbonyl (C=O) groups is 1. The van der Waals surface area contributed by atoms with Crippen molar-refractivity contribution in [2.75, 3.05) is 18.0 Å². The molecule has 0 spiro atoms. The molecule has 1 heterocycles. The maximum absolute atomic E-state index is 11.2. The maximum atomic E-state index is 11.2. The molecule has 0 atom stereocenters. The predicted octanol–water partition coefficient (Wildman–Crippen LogP) is 2.19. The van der Waals surface area contributed by atoms with Crippen molar-refractivity contribution < 1.29 is 9.90 Å². The lowest BCUT2D eigenvalue weighted by Crippen LogP contribution is -2.43. The van der Waals surface area contributed by atoms with E-state index in [-0.39, 0.29) is 0 Å². The van der Waals surface area contributed by atoms with Gasteiger partial charge in [0.05, 0.1) is 6.07 Å². The smallest absolute Gasteiger partial charge is 0.324 e. The van der Waals surface area contributed by atoms with Crippen LogP contribution in [0.15, 0.2) is 24.3 Å². The van der Waals surface area contributed by atoms with Crippen molar-refractivity contribution in [3.63, 3.8) is 0 Å². The van der Waals surface area contributed by atoms with Crippen LogP contribution < -0.4 is 4.90 Å². The molecule has 0 aromatic heterocycles. The molecule has 1 aliphatic heterocycles. The van der Waals surface area contributed by atoms with Gasteiger partial charge in [0.25, 0.3) is 0 Å². The van der Waals surface area contributed by atoms with Gasteiger partial charge in [0.15, 0.2) is 5.41 Å². The SMILES string of the molecule is Cc1ccccc1N1CCC(C#N)(C(=O)O)CC1. The molecule has 0 radical (unpaired) electrons. The van der Waals surface area contributed by atoms with Crippen LogP contribution in [0.2, 0.25) is 0 Å². The van der Waals surface area contributed by atoms with Crippen LogP contribution in [-0.2, 0) is 4.79 Å². The van der Waals surface area contributed by atoms with Crippen LogP contribution in [0.3, 0.4) is 0 Å². The molecule has 1 aromatic rings. The third-order valence-corrected chi connectivity index (χ3v) is 3.70. The summed E-state index contributed by atoms with van der Waals surface area (Å²) in [5, 5.41) is 18.2. The van der Waals surface area contributed by atoms with E-state index >= 15 is 0 Å². The third-order valence-electron chi connectivity index (χ3n) is 3.70. The minimum atomic E-state index is -1.20. The molecule has 2 rings (SSSR count). The summed E-state index contributed by atoms with van der Waals surface area (Å²) in [6, 6.07) is 10.0. The van der Waals surface area contributed by atoms with Gasteiger partial charge >= 0.3 is 5.97 Å². The van der Waals surface area contributed by atoms with Gasteiger partial charge in [-0.25, -0.2) is 0 Å². The van der Waals surface area contributed by atoms with Crippen molar-refractivity contribution in [3.05, 3.63) is 29.8 Å². The van der Waals surface area contributed by atoms with Crippen LogP contribution in [0, 0.1) is 23.7 Å². The standard InChI is InChI=1S/C14H16N2O2/c1-11-4-2-3-5-12(11)16-8-6-14(10-15,7-9-16)13(17)18/h2-5H,6-9H2,1H3,(H,17,18). The van der Waals surface area contributed by atoms with E-state index in [1.54, 1.807) is 0 Å². The Labute approximate surface area is 106 Å². The van der Waals surface area contributed by atoms with Gasteiger partial charge in [0.2, 0.25) is 0 Å². The zero-order valence-electron chi connectivity index (χ0n) is 10.4. The normalized spacial score (nSPS) is 18.1. The van der Waals surface area contributed by atoms with Gasteiger partial charge in [0.1, 0.15) is 0 Å². The molecule has 1 aromatic carbocycles. The van der Waals surface area contributed by atoms with Crippen LogP contribution in [0.25, 0.3) is 0 Å². The Bertz CT molecular complexity index is 497. The molecule has 4 heteroatoms. The molecular weight excluding hydrogens is 228 g/mol. The Hall–Kier alpha value is -2.02. The number of carboxylic acid groups (broad SMARTS) is 1. The zero-order valence-corrected chi connectivity index (χ0v) is 10.4. The van der Waals surface area contributed by atoms with Crippen LogP contribution in [0.5, 0.6) is 0 Å². The first kappa shape index (κ1) is 12.4. The maximum Gasteiger partial charge on any atom is 0.324 e. The van der Waals surface area contributed by atoms with E-state index in [1.807, 2.05) is 37.3 Å². The van der Waals surface area contributed by atoms with Crippen molar-refractivity contribution >= 4 is 11.7 Å². The highest BCUT2D eigenvalue weighted by Crippen LogP contribution is 2.34. The van der Waals surface area contributed by atoms with Crippen molar-refractivity contribution in [1.29, 1.82) is 5.26 Å². The number of rotatable bonds is 2. The van der Waals surface area contributed by atoms with Crippen LogP contribution in [-0.4, -0.2) is 24.2 Å². The summed E-state index contributed by atoms with van der Waals surface area (Å²) in [6.45, 7) is 3.27. The Balaban J connectivity index is 2.15. The topological polar surface area (TPSA) is 64.3 Å². The van der Waals surface area contributed by atoms with E-state index in [9.17, 15) is 4.79 Å². The number of piperidine rings is 1. The van der Waals surface area contributed by atoms with Crippen LogP contribution in [0.1, 0.15) is 18.4 Å². The number of hydrogen-bond donors (Lipinski definition) is 1. The molecule has 4 nitrogen and oxygen atoms in total. The Morgan fingerprint density at radius 3 is 2.50 bits per heavy atom. The number of aryl methyl sites for hydroxylation is 1. The molecular formula is C14H16N2O2. The number of hydrogen-bond acceptors (Lipinski definition) is 3. The van der Waals surface area contributed by atoms with Gasteiger partial charge in [-0.2, -0.15) is 5.26 Å². The van der Waals surface area contributed by atoms with E-state index in [0.717, 1.165) is 5.69 Å². The molecule has 0 amide bonds. The Kier molecular flexibility index (Phi) is 3.24. The summed E-state index contributed by atoms with van der Waals surface area (Å²) >= 11 is 0. The quantitative estimate of drug-likeness (QED) is 0.866. The monoisotopic (exact) mass is 244 g/mol. The summed E-state index contributed by atoms with van der Waals surface area (Å²) in [5.74, 6) is -0.991. The molecule has 1 fully saturated rings. The molecule has 0 unspecified atom stereocenters. The molecule has 1 aliphatic rings. The number of para-hydroxylation sites is 1. The van der Waals surface area contributed by atoms with Crippen molar-refractivity contribution in [2.24, 2.45) is 5.41 Å². The second-order valence-electron chi connectivity index (χ2n) is 4.77. The fourth-order valence-electron chi connectivity index (χ4n) is 2.42. The summed E-state index contributed by atoms with van der Waals surface area (Å²) < 4.78 is 0. The van der Waals surface area contributed by atoms with Crippen molar-refractivity contribution in [2.45, 2.75) is 19.8 Å². The van der Waals surface area contributed by atoms with E-state index in [1.165, 1.54) is 5.56 Å². The largest absolute Gasteiger partial charge is 0.480 e. The predicted molar refractivity (Wildman–Crippen MR) is 68.3 cm³/mol. The molecule has 0 bridgehead atoms. The minimum Gasteiger partial charge on any atom is -0.480 e. The van der Waals surface area contributed by atoms with E-state index < -0.39 is 11.4 Å². The fraction of sp³-hybridized carbons (Fsp3) is 0.429. The van der Waals surface area contributed by atoms with Crippen molar-refractivity contribution in [3.8, 4) is 6.07 Å². The number of nitriles is 1. The van der Waals surface area contributed by atoms with E-state index in [0.29, 0.717) is 25.9 Å². The zero-order chi connectivity index (χ0) is 13.2. The number of aliphatic carboxylic acids is 1. The highest BCUT2D eigenvalue weighted by molar-refractivity contribution is 5.78. The first-order valence-electron chi connectivity index (χ1n) is 6.04. The number of carboxylic acids is 1. The van der Waals surface area contributed by atoms with Gasteiger partial charge in [0, 0.05) is 18.8 Å². The Morgan fingerprint density at radius 2 is 2.00 bits per heavy atom. The third kappa shape index (κ3) is 2.04. The summed E-state index contributed by atoms with van der Waals surface area (Å²) in [5.41, 5.74) is 1.12. The van der Waals surface area contributed by atoms with Crippen LogP contribution in [0.4, 0.5) is 5.69 Å². The fourth-order valence-corrected chi connectivity index (χ4v) is 2.42. The van der Waals surface area contributed by atoms with Gasteiger partial charge in [-0.15, -0.1) is 0 Å². The molecule has 1 N–H and O–H groups in total. The van der Waals surface area contributed by atoms with Crippen molar-refractivity contribution in [1.82, 2.24) is 0 Å². The molecule has 1 saturated heterocycles. The lowest BCUT2D eigenvalue weighted by atomic mass is 9.79. The molecule has 94 valence electrons. The molecule has 18 heavy (non-hydrogen) atoms. The second-order valence-corrected chi connectivity index (χ2v) is 4.77. The Morgan fingerprint density at radius 1 is 1.39 bits per heavy atom. The van der Waals surface area contributed by atoms with E-state index in [2.05, 4.69) is 4.90 Å². The van der Waals surface area contributed by atoms with Gasteiger partial charge < -0.3 is 10.0 Å². The molecule has 0 saturated carbocycles. The lowest BCUT2D eigenvalue weighted by Gasteiger charge is -2.36. The van der Waals surface area contributed by atoms with Gasteiger partial charge in [-0.1, -0.05) is 18.2 Å². The summed E-state index contributed by atoms with van der Waals surface area (Å²) in [4.78, 5) is 13.3. The molecule has 0 aliphatic carbocycles. The number of nitrogens with zero attached hydrogens (tertiary/aromatic N) is 2. The lowest BCUT2D eigenvalue weighted by molar-refractivity contribution is -0.146. The average Bonchev–Trinajstić information content (AvgIpc) is 2.39. The van der Waals surface area contributed by atoms with Gasteiger partial charge in [-0.3, -0.25) is 4.79 Å². The number of anilines is 1. The minimum absolute atomic E-state index is 0.382. The summed E-state index contributed by atoms with van der Waals surface area (Å²) in [7, 11) is 0. The first-order valence-corrected chi connectivity index (χ1v) is 6.04. The van der Waals surface area contributed by atoms with Crippen LogP contribution >= 0.6 is 0 Å². The highest BCUT2D eigenvalue weighted by atomic mass is 16.4. The summed E-state index contributed by atoms with van der Waals surface area (Å²) in [6.07, 6.45) is 0.764. The highest BCUT2D eigenvalue weighted by Gasteiger charge is 2.42. The number of benzene rings is 1. The van der Waals surface area contributed by atoms with E-state index in [4.69, 9.17) is 10.4 Å². The average molecular weight is 244 g/mol.